The third-order valence-electron chi connectivity index (χ3n) is 8.88. The molecular formula is C29H53F2N7O. The smallest absolute Gasteiger partial charge is 0.227 e. The molecule has 0 aromatic heterocycles. The molecule has 1 fully saturated rings. The second-order valence-electron chi connectivity index (χ2n) is 12.4. The Bertz CT molecular complexity index is 853. The highest BCUT2D eigenvalue weighted by atomic mass is 19.1. The van der Waals surface area contributed by atoms with E-state index >= 15 is 4.39 Å². The molecular weight excluding hydrogens is 500 g/mol. The number of hydrogen-bond acceptors (Lipinski definition) is 7. The summed E-state index contributed by atoms with van der Waals surface area (Å²) in [6.07, 6.45) is 9.82. The molecule has 7 N–H and O–H groups in total. The Morgan fingerprint density at radius 3 is 2.64 bits per heavy atom. The number of halogens is 2. The summed E-state index contributed by atoms with van der Waals surface area (Å²) in [4.78, 5) is 18.0. The molecule has 3 rings (SSSR count). The van der Waals surface area contributed by atoms with Gasteiger partial charge in [-0.15, -0.1) is 0 Å². The van der Waals surface area contributed by atoms with Crippen molar-refractivity contribution in [3.8, 4) is 0 Å². The Balaban J connectivity index is 1.82. The van der Waals surface area contributed by atoms with E-state index in [0.29, 0.717) is 32.6 Å². The van der Waals surface area contributed by atoms with Crippen molar-refractivity contribution in [2.75, 3.05) is 39.9 Å². The van der Waals surface area contributed by atoms with Crippen molar-refractivity contribution < 1.29 is 13.6 Å². The molecule has 3 heterocycles. The van der Waals surface area contributed by atoms with Gasteiger partial charge in [-0.1, -0.05) is 52.5 Å². The number of nitrogens with two attached hydrogens (primary N) is 2. The van der Waals surface area contributed by atoms with Gasteiger partial charge >= 0.3 is 0 Å². The van der Waals surface area contributed by atoms with Crippen LogP contribution in [0.3, 0.4) is 0 Å². The first kappa shape index (κ1) is 31.9. The molecule has 0 saturated carbocycles. The van der Waals surface area contributed by atoms with E-state index in [1.807, 2.05) is 11.9 Å². The van der Waals surface area contributed by atoms with E-state index < -0.39 is 30.1 Å². The summed E-state index contributed by atoms with van der Waals surface area (Å²) >= 11 is 0. The Morgan fingerprint density at radius 2 is 2.00 bits per heavy atom. The molecule has 6 unspecified atom stereocenters. The number of rotatable bonds is 12. The number of nitrogens with zero attached hydrogens (tertiary/aromatic N) is 2. The Labute approximate surface area is 234 Å². The van der Waals surface area contributed by atoms with Crippen molar-refractivity contribution in [2.24, 2.45) is 28.7 Å². The Morgan fingerprint density at radius 1 is 1.23 bits per heavy atom. The van der Waals surface area contributed by atoms with Crippen molar-refractivity contribution in [1.29, 1.82) is 0 Å². The fourth-order valence-electron chi connectivity index (χ4n) is 6.73. The third kappa shape index (κ3) is 8.70. The van der Waals surface area contributed by atoms with Gasteiger partial charge in [0.2, 0.25) is 5.91 Å². The van der Waals surface area contributed by atoms with Gasteiger partial charge in [0, 0.05) is 51.1 Å². The molecule has 224 valence electrons. The molecule has 3 aliphatic rings. The molecule has 0 aromatic rings. The summed E-state index contributed by atoms with van der Waals surface area (Å²) in [5.41, 5.74) is 12.3. The molecule has 1 saturated heterocycles. The zero-order chi connectivity index (χ0) is 28.6. The monoisotopic (exact) mass is 553 g/mol. The summed E-state index contributed by atoms with van der Waals surface area (Å²) in [5.74, 6) is -1.99. The van der Waals surface area contributed by atoms with Crippen molar-refractivity contribution in [3.05, 3.63) is 23.9 Å². The lowest BCUT2D eigenvalue weighted by atomic mass is 9.73. The van der Waals surface area contributed by atoms with Crippen molar-refractivity contribution in [1.82, 2.24) is 25.8 Å². The molecule has 1 amide bonds. The molecule has 6 atom stereocenters. The maximum absolute atomic E-state index is 15.7. The minimum absolute atomic E-state index is 0.0386. The average molecular weight is 554 g/mol. The second kappa shape index (κ2) is 14.9. The van der Waals surface area contributed by atoms with Crippen LogP contribution >= 0.6 is 0 Å². The van der Waals surface area contributed by atoms with E-state index in [-0.39, 0.29) is 35.6 Å². The average Bonchev–Trinajstić information content (AvgIpc) is 3.28. The zero-order valence-corrected chi connectivity index (χ0v) is 24.5. The number of amides is 1. The molecule has 0 radical (unpaired) electrons. The highest BCUT2D eigenvalue weighted by Crippen LogP contribution is 2.37. The first-order valence-corrected chi connectivity index (χ1v) is 15.0. The topological polar surface area (TPSA) is 112 Å². The number of unbranched alkanes of at least 4 members (excludes halogenated alkanes) is 3. The van der Waals surface area contributed by atoms with E-state index in [1.54, 1.807) is 12.3 Å². The van der Waals surface area contributed by atoms with Crippen LogP contribution in [0.5, 0.6) is 0 Å². The van der Waals surface area contributed by atoms with Crippen LogP contribution in [0.25, 0.3) is 0 Å². The summed E-state index contributed by atoms with van der Waals surface area (Å²) in [5, 5.41) is 9.75. The lowest BCUT2D eigenvalue weighted by molar-refractivity contribution is -0.128. The van der Waals surface area contributed by atoms with E-state index in [1.165, 1.54) is 0 Å². The molecule has 0 aromatic carbocycles. The van der Waals surface area contributed by atoms with Gasteiger partial charge in [0.05, 0.1) is 24.0 Å². The molecule has 3 aliphatic heterocycles. The summed E-state index contributed by atoms with van der Waals surface area (Å²) in [6.45, 7) is 9.04. The highest BCUT2D eigenvalue weighted by molar-refractivity contribution is 5.80. The maximum Gasteiger partial charge on any atom is 0.227 e. The van der Waals surface area contributed by atoms with Crippen LogP contribution in [-0.4, -0.2) is 79.9 Å². The minimum atomic E-state index is -0.941. The summed E-state index contributed by atoms with van der Waals surface area (Å²) in [6, 6.07) is -0.913. The summed E-state index contributed by atoms with van der Waals surface area (Å²) in [7, 11) is 1.97. The van der Waals surface area contributed by atoms with Gasteiger partial charge < -0.3 is 32.3 Å². The van der Waals surface area contributed by atoms with Crippen molar-refractivity contribution in [2.45, 2.75) is 96.4 Å². The molecule has 0 spiro atoms. The normalized spacial score (nSPS) is 32.8. The Hall–Kier alpha value is -1.59. The maximum atomic E-state index is 15.7. The standard InChI is InChI=1S/C29H53F2N7O/c1-5-7-8-9-13-38-17-21(31)25(24-16-34-19-37(24)4)23(18-38)36-28(39)26(27(32)33)22-14-29(3,11-6-2)12-10-20(30)15-35-22/h10,17,22-27,34-35H,5-9,11-16,18-19,32-33H2,1-4H3,(H,36,39)/b20-10+. The van der Waals surface area contributed by atoms with Crippen LogP contribution in [0.4, 0.5) is 8.78 Å². The fraction of sp³-hybridized carbons (Fsp3) is 0.828. The van der Waals surface area contributed by atoms with E-state index in [0.717, 1.165) is 45.1 Å². The van der Waals surface area contributed by atoms with Gasteiger partial charge in [-0.05, 0) is 38.1 Å². The number of hydrogen-bond donors (Lipinski definition) is 5. The minimum Gasteiger partial charge on any atom is -0.373 e. The van der Waals surface area contributed by atoms with E-state index in [2.05, 4.69) is 41.6 Å². The molecule has 10 heteroatoms. The van der Waals surface area contributed by atoms with Crippen LogP contribution in [-0.2, 0) is 4.79 Å². The number of carbonyl (C=O) groups excluding carboxylic acids is 1. The van der Waals surface area contributed by atoms with E-state index in [9.17, 15) is 9.18 Å². The molecule has 8 nitrogen and oxygen atoms in total. The van der Waals surface area contributed by atoms with Crippen molar-refractivity contribution >= 4 is 5.91 Å². The number of likely N-dealkylation sites (N-methyl/N-ethyl adjacent to an activating group) is 1. The van der Waals surface area contributed by atoms with E-state index in [4.69, 9.17) is 11.5 Å². The van der Waals surface area contributed by atoms with Crippen LogP contribution < -0.4 is 27.4 Å². The lowest BCUT2D eigenvalue weighted by Crippen LogP contribution is -2.62. The van der Waals surface area contributed by atoms with Gasteiger partial charge in [0.25, 0.3) is 0 Å². The van der Waals surface area contributed by atoms with Gasteiger partial charge in [-0.25, -0.2) is 8.78 Å². The van der Waals surface area contributed by atoms with Gasteiger partial charge in [0.15, 0.2) is 0 Å². The van der Waals surface area contributed by atoms with Gasteiger partial charge in [-0.3, -0.25) is 9.69 Å². The van der Waals surface area contributed by atoms with Crippen LogP contribution in [0, 0.1) is 17.3 Å². The quantitative estimate of drug-likeness (QED) is 0.187. The predicted molar refractivity (Wildman–Crippen MR) is 154 cm³/mol. The number of nitrogens with one attached hydrogen (secondary N) is 3. The second-order valence-corrected chi connectivity index (χ2v) is 12.4. The molecule has 39 heavy (non-hydrogen) atoms. The molecule has 0 bridgehead atoms. The SMILES string of the molecule is CCCCCCN1C=C(F)C(C2CNCN2C)C(NC(=O)C(C(N)N)C2CC(C)(CCC)C/C=C(/F)CN2)C1. The molecule has 0 aliphatic carbocycles. The van der Waals surface area contributed by atoms with Crippen LogP contribution in [0.1, 0.15) is 72.1 Å². The third-order valence-corrected chi connectivity index (χ3v) is 8.88. The largest absolute Gasteiger partial charge is 0.373 e. The number of allylic oxidation sites excluding steroid dienone is 1. The Kier molecular flexibility index (Phi) is 12.2. The predicted octanol–water partition coefficient (Wildman–Crippen LogP) is 2.93. The highest BCUT2D eigenvalue weighted by Gasteiger charge is 2.44. The summed E-state index contributed by atoms with van der Waals surface area (Å²) < 4.78 is 30.2. The first-order chi connectivity index (χ1) is 18.6. The first-order valence-electron chi connectivity index (χ1n) is 15.0. The van der Waals surface area contributed by atoms with Gasteiger partial charge in [0.1, 0.15) is 11.7 Å². The van der Waals surface area contributed by atoms with Gasteiger partial charge in [-0.2, -0.15) is 0 Å². The van der Waals surface area contributed by atoms with Crippen molar-refractivity contribution in [3.63, 3.8) is 0 Å². The van der Waals surface area contributed by atoms with Crippen LogP contribution in [0.15, 0.2) is 23.9 Å². The fourth-order valence-corrected chi connectivity index (χ4v) is 6.73. The van der Waals surface area contributed by atoms with Crippen LogP contribution in [0.2, 0.25) is 0 Å². The zero-order valence-electron chi connectivity index (χ0n) is 24.5. The lowest BCUT2D eigenvalue weighted by Gasteiger charge is -2.42. The number of carbonyl (C=O) groups is 1.